The van der Waals surface area contributed by atoms with Crippen LogP contribution >= 0.6 is 0 Å². The lowest BCUT2D eigenvalue weighted by Crippen LogP contribution is -2.43. The molecule has 0 spiro atoms. The number of carbonyl (C=O) groups excluding carboxylic acids is 1. The van der Waals surface area contributed by atoms with Gasteiger partial charge in [-0.3, -0.25) is 4.68 Å². The summed E-state index contributed by atoms with van der Waals surface area (Å²) in [6.07, 6.45) is 4.49. The average Bonchev–Trinajstić information content (AvgIpc) is 2.90. The fraction of sp³-hybridized carbons (Fsp3) is 0.733. The molecular weight excluding hydrogens is 290 g/mol. The van der Waals surface area contributed by atoms with Crippen molar-refractivity contribution >= 4 is 6.03 Å². The van der Waals surface area contributed by atoms with Gasteiger partial charge in [-0.05, 0) is 25.7 Å². The van der Waals surface area contributed by atoms with Crippen LogP contribution in [0.15, 0.2) is 6.20 Å². The maximum atomic E-state index is 13.6. The van der Waals surface area contributed by atoms with Crippen LogP contribution in [0.25, 0.3) is 0 Å². The smallest absolute Gasteiger partial charge is 0.317 e. The molecule has 22 heavy (non-hydrogen) atoms. The van der Waals surface area contributed by atoms with E-state index in [9.17, 15) is 13.6 Å². The van der Waals surface area contributed by atoms with Gasteiger partial charge in [0.25, 0.3) is 5.92 Å². The van der Waals surface area contributed by atoms with Gasteiger partial charge in [0.1, 0.15) is 0 Å². The monoisotopic (exact) mass is 312 g/mol. The molecule has 0 radical (unpaired) electrons. The van der Waals surface area contributed by atoms with Crippen molar-refractivity contribution in [1.82, 2.24) is 20.0 Å². The first-order valence-electron chi connectivity index (χ1n) is 7.88. The van der Waals surface area contributed by atoms with E-state index in [0.717, 1.165) is 24.1 Å². The summed E-state index contributed by atoms with van der Waals surface area (Å²) < 4.78 is 29.0. The van der Waals surface area contributed by atoms with Crippen LogP contribution < -0.4 is 5.32 Å². The normalized spacial score (nSPS) is 24.0. The molecule has 2 aliphatic rings. The zero-order chi connectivity index (χ0) is 15.7. The Kier molecular flexibility index (Phi) is 4.06. The maximum absolute atomic E-state index is 13.6. The molecular formula is C15H22F2N4O. The van der Waals surface area contributed by atoms with Crippen molar-refractivity contribution in [2.24, 2.45) is 13.0 Å². The number of nitrogens with one attached hydrogen (secondary N) is 1. The van der Waals surface area contributed by atoms with E-state index >= 15 is 0 Å². The molecule has 1 unspecified atom stereocenters. The molecule has 0 bridgehead atoms. The van der Waals surface area contributed by atoms with Gasteiger partial charge in [-0.1, -0.05) is 0 Å². The SMILES string of the molecule is Cn1ncc2c1CCCN(C(=O)NCC1CCCC1(F)F)C2. The van der Waals surface area contributed by atoms with Crippen molar-refractivity contribution in [2.45, 2.75) is 44.6 Å². The summed E-state index contributed by atoms with van der Waals surface area (Å²) >= 11 is 0. The molecule has 1 N–H and O–H groups in total. The van der Waals surface area contributed by atoms with E-state index in [1.165, 1.54) is 0 Å². The predicted octanol–water partition coefficient (Wildman–Crippen LogP) is 2.31. The molecule has 7 heteroatoms. The van der Waals surface area contributed by atoms with E-state index < -0.39 is 11.8 Å². The number of amides is 2. The fourth-order valence-electron chi connectivity index (χ4n) is 3.43. The van der Waals surface area contributed by atoms with Gasteiger partial charge >= 0.3 is 6.03 Å². The average molecular weight is 312 g/mol. The summed E-state index contributed by atoms with van der Waals surface area (Å²) in [6.45, 7) is 1.19. The molecule has 1 saturated carbocycles. The predicted molar refractivity (Wildman–Crippen MR) is 77.6 cm³/mol. The topological polar surface area (TPSA) is 50.2 Å². The van der Waals surface area contributed by atoms with Crippen molar-refractivity contribution in [3.63, 3.8) is 0 Å². The molecule has 1 aliphatic heterocycles. The van der Waals surface area contributed by atoms with Crippen LogP contribution in [-0.4, -0.2) is 39.7 Å². The van der Waals surface area contributed by atoms with Gasteiger partial charge in [-0.2, -0.15) is 5.10 Å². The van der Waals surface area contributed by atoms with E-state index in [-0.39, 0.29) is 19.0 Å². The van der Waals surface area contributed by atoms with Crippen molar-refractivity contribution in [2.75, 3.05) is 13.1 Å². The molecule has 1 aromatic rings. The van der Waals surface area contributed by atoms with Crippen LogP contribution in [0.5, 0.6) is 0 Å². The molecule has 2 heterocycles. The first-order valence-corrected chi connectivity index (χ1v) is 7.88. The van der Waals surface area contributed by atoms with Crippen LogP contribution in [0, 0.1) is 5.92 Å². The van der Waals surface area contributed by atoms with Crippen molar-refractivity contribution in [3.8, 4) is 0 Å². The highest BCUT2D eigenvalue weighted by Crippen LogP contribution is 2.39. The van der Waals surface area contributed by atoms with Gasteiger partial charge < -0.3 is 10.2 Å². The number of nitrogens with zero attached hydrogens (tertiary/aromatic N) is 3. The number of rotatable bonds is 2. The minimum Gasteiger partial charge on any atom is -0.337 e. The minimum absolute atomic E-state index is 0.0578. The minimum atomic E-state index is -2.64. The van der Waals surface area contributed by atoms with Crippen LogP contribution in [0.2, 0.25) is 0 Å². The lowest BCUT2D eigenvalue weighted by molar-refractivity contribution is -0.0352. The number of alkyl halides is 2. The molecule has 1 fully saturated rings. The highest BCUT2D eigenvalue weighted by molar-refractivity contribution is 5.74. The van der Waals surface area contributed by atoms with Crippen LogP contribution in [0.3, 0.4) is 0 Å². The Bertz CT molecular complexity index is 558. The lowest BCUT2D eigenvalue weighted by Gasteiger charge is -2.24. The number of carbonyl (C=O) groups is 1. The highest BCUT2D eigenvalue weighted by Gasteiger charge is 2.43. The molecule has 1 aromatic heterocycles. The van der Waals surface area contributed by atoms with Crippen LogP contribution in [0.1, 0.15) is 36.9 Å². The van der Waals surface area contributed by atoms with E-state index in [2.05, 4.69) is 10.4 Å². The second kappa shape index (κ2) is 5.85. The third-order valence-corrected chi connectivity index (χ3v) is 4.80. The molecule has 2 amide bonds. The zero-order valence-electron chi connectivity index (χ0n) is 12.8. The number of aromatic nitrogens is 2. The number of hydrogen-bond donors (Lipinski definition) is 1. The number of fused-ring (bicyclic) bond motifs is 1. The van der Waals surface area contributed by atoms with Crippen LogP contribution in [-0.2, 0) is 20.0 Å². The lowest BCUT2D eigenvalue weighted by atomic mass is 10.1. The molecule has 0 aromatic carbocycles. The zero-order valence-corrected chi connectivity index (χ0v) is 12.8. The summed E-state index contributed by atoms with van der Waals surface area (Å²) in [5.74, 6) is -3.36. The van der Waals surface area contributed by atoms with Gasteiger partial charge in [-0.15, -0.1) is 0 Å². The third kappa shape index (κ3) is 2.94. The van der Waals surface area contributed by atoms with E-state index in [4.69, 9.17) is 0 Å². The Hall–Kier alpha value is -1.66. The van der Waals surface area contributed by atoms with Gasteiger partial charge in [0, 0.05) is 43.7 Å². The van der Waals surface area contributed by atoms with Crippen molar-refractivity contribution < 1.29 is 13.6 Å². The first kappa shape index (κ1) is 15.2. The standard InChI is InChI=1S/C15H22F2N4O/c1-20-13-5-3-7-21(10-11(13)8-19-20)14(22)18-9-12-4-2-6-15(12,16)17/h8,12H,2-7,9-10H2,1H3,(H,18,22). The Morgan fingerprint density at radius 2 is 2.32 bits per heavy atom. The van der Waals surface area contributed by atoms with Crippen molar-refractivity contribution in [3.05, 3.63) is 17.5 Å². The van der Waals surface area contributed by atoms with E-state index in [1.54, 1.807) is 11.1 Å². The Labute approximate surface area is 128 Å². The number of hydrogen-bond acceptors (Lipinski definition) is 2. The highest BCUT2D eigenvalue weighted by atomic mass is 19.3. The molecule has 122 valence electrons. The van der Waals surface area contributed by atoms with E-state index in [0.29, 0.717) is 25.9 Å². The second-order valence-electron chi connectivity index (χ2n) is 6.30. The largest absolute Gasteiger partial charge is 0.337 e. The number of urea groups is 1. The molecule has 0 saturated heterocycles. The van der Waals surface area contributed by atoms with Gasteiger partial charge in [0.2, 0.25) is 0 Å². The number of halogens is 2. The van der Waals surface area contributed by atoms with E-state index in [1.807, 2.05) is 11.7 Å². The van der Waals surface area contributed by atoms with Crippen LogP contribution in [0.4, 0.5) is 13.6 Å². The first-order chi connectivity index (χ1) is 10.5. The summed E-state index contributed by atoms with van der Waals surface area (Å²) in [4.78, 5) is 14.0. The molecule has 1 aliphatic carbocycles. The van der Waals surface area contributed by atoms with Gasteiger partial charge in [0.05, 0.1) is 12.7 Å². The third-order valence-electron chi connectivity index (χ3n) is 4.80. The quantitative estimate of drug-likeness (QED) is 0.911. The maximum Gasteiger partial charge on any atom is 0.317 e. The Morgan fingerprint density at radius 1 is 1.50 bits per heavy atom. The summed E-state index contributed by atoms with van der Waals surface area (Å²) in [5, 5.41) is 6.92. The molecule has 1 atom stereocenters. The summed E-state index contributed by atoms with van der Waals surface area (Å²) in [5.41, 5.74) is 2.19. The van der Waals surface area contributed by atoms with Gasteiger partial charge in [0.15, 0.2) is 0 Å². The molecule has 3 rings (SSSR count). The Morgan fingerprint density at radius 3 is 3.05 bits per heavy atom. The summed E-state index contributed by atoms with van der Waals surface area (Å²) in [7, 11) is 1.90. The molecule has 5 nitrogen and oxygen atoms in total. The number of aryl methyl sites for hydroxylation is 1. The summed E-state index contributed by atoms with van der Waals surface area (Å²) in [6, 6.07) is -0.251. The fourth-order valence-corrected chi connectivity index (χ4v) is 3.43. The Balaban J connectivity index is 1.58. The second-order valence-corrected chi connectivity index (χ2v) is 6.30. The van der Waals surface area contributed by atoms with Crippen molar-refractivity contribution in [1.29, 1.82) is 0 Å². The van der Waals surface area contributed by atoms with Gasteiger partial charge in [-0.25, -0.2) is 13.6 Å².